The fourth-order valence-electron chi connectivity index (χ4n) is 3.13. The Bertz CT molecular complexity index is 1030. The zero-order valence-electron chi connectivity index (χ0n) is 13.8. The van der Waals surface area contributed by atoms with Gasteiger partial charge in [0.25, 0.3) is 0 Å². The fourth-order valence-corrected chi connectivity index (χ4v) is 3.54. The summed E-state index contributed by atoms with van der Waals surface area (Å²) in [6.45, 7) is 0. The summed E-state index contributed by atoms with van der Waals surface area (Å²) in [5.41, 5.74) is 5.85. The summed E-state index contributed by atoms with van der Waals surface area (Å²) in [4.78, 5) is 16.4. The maximum Gasteiger partial charge on any atom is 0.152 e. The van der Waals surface area contributed by atoms with E-state index in [0.29, 0.717) is 5.56 Å². The van der Waals surface area contributed by atoms with Crippen LogP contribution in [0.2, 0.25) is 0 Å². The highest BCUT2D eigenvalue weighted by atomic mass is 32.2. The fraction of sp³-hybridized carbons (Fsp3) is 0.0455. The second-order valence-corrected chi connectivity index (χ2v) is 6.77. The van der Waals surface area contributed by atoms with Crippen LogP contribution in [0.5, 0.6) is 0 Å². The summed E-state index contributed by atoms with van der Waals surface area (Å²) >= 11 is 1.71. The van der Waals surface area contributed by atoms with Crippen LogP contribution in [-0.4, -0.2) is 17.5 Å². The molecule has 4 aromatic rings. The smallest absolute Gasteiger partial charge is 0.152 e. The lowest BCUT2D eigenvalue weighted by Crippen LogP contribution is -1.85. The van der Waals surface area contributed by atoms with E-state index in [1.54, 1.807) is 11.8 Å². The Morgan fingerprint density at radius 2 is 1.56 bits per heavy atom. The molecule has 1 heterocycles. The molecule has 0 bridgehead atoms. The minimum Gasteiger partial charge on any atom is -0.354 e. The first-order chi connectivity index (χ1) is 12.3. The van der Waals surface area contributed by atoms with Crippen LogP contribution in [0.4, 0.5) is 0 Å². The van der Waals surface area contributed by atoms with E-state index in [2.05, 4.69) is 59.8 Å². The van der Waals surface area contributed by atoms with Crippen molar-refractivity contribution in [3.63, 3.8) is 0 Å². The normalized spacial score (nSPS) is 10.9. The number of fused-ring (bicyclic) bond motifs is 1. The summed E-state index contributed by atoms with van der Waals surface area (Å²) in [5.74, 6) is 0. The predicted octanol–water partition coefficient (Wildman–Crippen LogP) is 6.04. The molecule has 3 aromatic carbocycles. The van der Waals surface area contributed by atoms with Crippen LogP contribution in [0.15, 0.2) is 77.7 Å². The van der Waals surface area contributed by atoms with E-state index >= 15 is 0 Å². The van der Waals surface area contributed by atoms with Gasteiger partial charge >= 0.3 is 0 Å². The van der Waals surface area contributed by atoms with Crippen molar-refractivity contribution in [3.8, 4) is 22.4 Å². The second kappa shape index (κ2) is 6.61. The highest BCUT2D eigenvalue weighted by Crippen LogP contribution is 2.33. The molecule has 0 aliphatic rings. The van der Waals surface area contributed by atoms with Crippen LogP contribution >= 0.6 is 11.8 Å². The molecule has 3 heteroatoms. The minimum absolute atomic E-state index is 0.713. The number of benzene rings is 3. The molecule has 1 N–H and O–H groups in total. The van der Waals surface area contributed by atoms with Gasteiger partial charge in [0.05, 0.1) is 5.69 Å². The van der Waals surface area contributed by atoms with Crippen molar-refractivity contribution in [3.05, 3.63) is 78.4 Å². The van der Waals surface area contributed by atoms with E-state index in [9.17, 15) is 4.79 Å². The molecule has 0 amide bonds. The van der Waals surface area contributed by atoms with Crippen molar-refractivity contribution >= 4 is 29.0 Å². The molecule has 0 fully saturated rings. The zero-order chi connectivity index (χ0) is 17.2. The van der Waals surface area contributed by atoms with Crippen molar-refractivity contribution in [1.82, 2.24) is 4.98 Å². The number of hydrogen-bond donors (Lipinski definition) is 1. The molecular formula is C22H17NOS. The van der Waals surface area contributed by atoms with Gasteiger partial charge in [-0.05, 0) is 47.2 Å². The first-order valence-electron chi connectivity index (χ1n) is 8.11. The lowest BCUT2D eigenvalue weighted by Gasteiger charge is -2.02. The van der Waals surface area contributed by atoms with E-state index in [0.717, 1.165) is 39.6 Å². The Kier molecular flexibility index (Phi) is 4.16. The Morgan fingerprint density at radius 1 is 0.840 bits per heavy atom. The van der Waals surface area contributed by atoms with E-state index in [-0.39, 0.29) is 0 Å². The molecule has 0 saturated heterocycles. The number of hydrogen-bond acceptors (Lipinski definition) is 2. The van der Waals surface area contributed by atoms with Gasteiger partial charge in [-0.15, -0.1) is 11.8 Å². The molecule has 0 radical (unpaired) electrons. The summed E-state index contributed by atoms with van der Waals surface area (Å²) in [6, 6.07) is 24.7. The Morgan fingerprint density at radius 3 is 2.24 bits per heavy atom. The molecule has 0 atom stereocenters. The average molecular weight is 343 g/mol. The topological polar surface area (TPSA) is 32.9 Å². The van der Waals surface area contributed by atoms with Gasteiger partial charge in [0.15, 0.2) is 6.29 Å². The molecule has 4 rings (SSSR count). The van der Waals surface area contributed by atoms with Crippen LogP contribution in [0.1, 0.15) is 10.4 Å². The number of aromatic nitrogens is 1. The molecular weight excluding hydrogens is 326 g/mol. The number of aromatic amines is 1. The number of carbonyl (C=O) groups excluding carboxylic acids is 1. The minimum atomic E-state index is 0.713. The molecule has 0 aliphatic heterocycles. The summed E-state index contributed by atoms with van der Waals surface area (Å²) in [7, 11) is 0. The number of rotatable bonds is 4. The molecule has 1 aromatic heterocycles. The van der Waals surface area contributed by atoms with Crippen LogP contribution in [0.25, 0.3) is 33.3 Å². The number of H-pyrrole nitrogens is 1. The van der Waals surface area contributed by atoms with Gasteiger partial charge in [0.1, 0.15) is 0 Å². The van der Waals surface area contributed by atoms with Crippen molar-refractivity contribution < 1.29 is 4.79 Å². The number of aldehydes is 1. The number of thioether (sulfide) groups is 1. The van der Waals surface area contributed by atoms with Gasteiger partial charge in [-0.2, -0.15) is 0 Å². The third-order valence-electron chi connectivity index (χ3n) is 4.44. The third-order valence-corrected chi connectivity index (χ3v) is 5.19. The Labute approximate surface area is 150 Å². The molecule has 2 nitrogen and oxygen atoms in total. The van der Waals surface area contributed by atoms with Crippen molar-refractivity contribution in [2.45, 2.75) is 4.90 Å². The van der Waals surface area contributed by atoms with E-state index in [1.165, 1.54) is 4.90 Å². The summed E-state index contributed by atoms with van der Waals surface area (Å²) in [6.07, 6.45) is 3.01. The van der Waals surface area contributed by atoms with E-state index in [1.807, 2.05) is 24.3 Å². The first kappa shape index (κ1) is 15.7. The summed E-state index contributed by atoms with van der Waals surface area (Å²) in [5, 5.41) is 0.959. The van der Waals surface area contributed by atoms with Gasteiger partial charge in [-0.1, -0.05) is 48.5 Å². The van der Waals surface area contributed by atoms with Crippen LogP contribution < -0.4 is 0 Å². The number of nitrogens with one attached hydrogen (secondary N) is 1. The molecule has 122 valence electrons. The molecule has 0 saturated carbocycles. The molecule has 0 unspecified atom stereocenters. The predicted molar refractivity (Wildman–Crippen MR) is 106 cm³/mol. The monoisotopic (exact) mass is 343 g/mol. The third kappa shape index (κ3) is 2.87. The molecule has 0 aliphatic carbocycles. The van der Waals surface area contributed by atoms with Crippen molar-refractivity contribution in [2.75, 3.05) is 6.26 Å². The number of carbonyl (C=O) groups is 1. The second-order valence-electron chi connectivity index (χ2n) is 5.89. The van der Waals surface area contributed by atoms with Crippen molar-refractivity contribution in [1.29, 1.82) is 0 Å². The van der Waals surface area contributed by atoms with Crippen molar-refractivity contribution in [2.24, 2.45) is 0 Å². The van der Waals surface area contributed by atoms with Gasteiger partial charge in [0, 0.05) is 21.4 Å². The van der Waals surface area contributed by atoms with Gasteiger partial charge in [-0.25, -0.2) is 0 Å². The maximum absolute atomic E-state index is 11.8. The average Bonchev–Trinajstić information content (AvgIpc) is 3.06. The maximum atomic E-state index is 11.8. The van der Waals surface area contributed by atoms with Crippen LogP contribution in [0, 0.1) is 0 Å². The quantitative estimate of drug-likeness (QED) is 0.362. The van der Waals surface area contributed by atoms with Crippen LogP contribution in [-0.2, 0) is 0 Å². The Balaban J connectivity index is 1.87. The SMILES string of the molecule is CSc1ccc(-c2[nH]c3ccc(-c4ccccc4)cc3c2C=O)cc1. The molecule has 25 heavy (non-hydrogen) atoms. The van der Waals surface area contributed by atoms with Gasteiger partial charge < -0.3 is 4.98 Å². The summed E-state index contributed by atoms with van der Waals surface area (Å²) < 4.78 is 0. The largest absolute Gasteiger partial charge is 0.354 e. The van der Waals surface area contributed by atoms with Gasteiger partial charge in [-0.3, -0.25) is 4.79 Å². The lowest BCUT2D eigenvalue weighted by atomic mass is 10.0. The van der Waals surface area contributed by atoms with Crippen LogP contribution in [0.3, 0.4) is 0 Å². The first-order valence-corrected chi connectivity index (χ1v) is 9.33. The molecule has 0 spiro atoms. The standard InChI is InChI=1S/C22H17NOS/c1-25-18-10-7-16(8-11-18)22-20(14-24)19-13-17(9-12-21(19)23-22)15-5-3-2-4-6-15/h2-14,23H,1H3. The van der Waals surface area contributed by atoms with E-state index < -0.39 is 0 Å². The highest BCUT2D eigenvalue weighted by Gasteiger charge is 2.13. The highest BCUT2D eigenvalue weighted by molar-refractivity contribution is 7.98. The zero-order valence-corrected chi connectivity index (χ0v) is 14.6. The van der Waals surface area contributed by atoms with E-state index in [4.69, 9.17) is 0 Å². The lowest BCUT2D eigenvalue weighted by molar-refractivity contribution is 0.112. The Hall–Kier alpha value is -2.78. The van der Waals surface area contributed by atoms with Gasteiger partial charge in [0.2, 0.25) is 0 Å².